The van der Waals surface area contributed by atoms with Gasteiger partial charge >= 0.3 is 0 Å². The average Bonchev–Trinajstić information content (AvgIpc) is 2.45. The molecule has 0 heterocycles. The van der Waals surface area contributed by atoms with E-state index in [1.54, 1.807) is 0 Å². The number of hydrogen-bond acceptors (Lipinski definition) is 2. The predicted molar refractivity (Wildman–Crippen MR) is 81.9 cm³/mol. The fourth-order valence-electron chi connectivity index (χ4n) is 3.68. The smallest absolute Gasteiger partial charge is 0.166 e. The number of rotatable bonds is 4. The van der Waals surface area contributed by atoms with Crippen LogP contribution in [0, 0.1) is 11.8 Å². The first-order valence-corrected chi connectivity index (χ1v) is 8.12. The van der Waals surface area contributed by atoms with Gasteiger partial charge in [0.05, 0.1) is 0 Å². The second-order valence-electron chi connectivity index (χ2n) is 6.53. The number of carbonyl (C=O) groups is 1. The van der Waals surface area contributed by atoms with Crippen molar-refractivity contribution in [3.63, 3.8) is 0 Å². The number of benzene rings is 1. The molecule has 0 aromatic heterocycles. The minimum Gasteiger partial charge on any atom is -0.330 e. The standard InChI is InChI=1S/C18H25NO/c19-12-13-8-10-15(11-9-13)18(20)17-7-2-1-6-16(17)14-4-3-5-14/h1-2,6-7,13-15H,3-5,8-12,19H2. The number of nitrogens with two attached hydrogens (primary N) is 1. The van der Waals surface area contributed by atoms with Crippen LogP contribution in [0.5, 0.6) is 0 Å². The topological polar surface area (TPSA) is 43.1 Å². The average molecular weight is 271 g/mol. The summed E-state index contributed by atoms with van der Waals surface area (Å²) in [6.07, 6.45) is 8.12. The van der Waals surface area contributed by atoms with Crippen LogP contribution in [0.1, 0.15) is 66.8 Å². The quantitative estimate of drug-likeness (QED) is 0.844. The molecule has 2 aliphatic carbocycles. The Bertz CT molecular complexity index is 470. The lowest BCUT2D eigenvalue weighted by Crippen LogP contribution is -2.27. The van der Waals surface area contributed by atoms with E-state index in [1.807, 2.05) is 12.1 Å². The normalized spacial score (nSPS) is 27.1. The zero-order valence-corrected chi connectivity index (χ0v) is 12.2. The fraction of sp³-hybridized carbons (Fsp3) is 0.611. The first-order valence-electron chi connectivity index (χ1n) is 8.12. The van der Waals surface area contributed by atoms with Crippen LogP contribution in [0.4, 0.5) is 0 Å². The highest BCUT2D eigenvalue weighted by Gasteiger charge is 2.30. The molecular formula is C18H25NO. The molecule has 2 fully saturated rings. The van der Waals surface area contributed by atoms with Gasteiger partial charge in [-0.3, -0.25) is 4.79 Å². The van der Waals surface area contributed by atoms with Crippen molar-refractivity contribution in [3.05, 3.63) is 35.4 Å². The van der Waals surface area contributed by atoms with Gasteiger partial charge in [-0.05, 0) is 62.5 Å². The van der Waals surface area contributed by atoms with E-state index in [4.69, 9.17) is 5.73 Å². The Hall–Kier alpha value is -1.15. The predicted octanol–water partition coefficient (Wildman–Crippen LogP) is 3.90. The summed E-state index contributed by atoms with van der Waals surface area (Å²) in [5.41, 5.74) is 8.06. The van der Waals surface area contributed by atoms with Crippen LogP contribution in [0.3, 0.4) is 0 Å². The summed E-state index contributed by atoms with van der Waals surface area (Å²) in [7, 11) is 0. The molecule has 1 aromatic carbocycles. The van der Waals surface area contributed by atoms with Crippen molar-refractivity contribution >= 4 is 5.78 Å². The molecule has 0 atom stereocenters. The number of carbonyl (C=O) groups excluding carboxylic acids is 1. The minimum atomic E-state index is 0.235. The van der Waals surface area contributed by atoms with E-state index in [1.165, 1.54) is 24.8 Å². The minimum absolute atomic E-state index is 0.235. The van der Waals surface area contributed by atoms with Gasteiger partial charge in [0.1, 0.15) is 0 Å². The van der Waals surface area contributed by atoms with Gasteiger partial charge in [-0.15, -0.1) is 0 Å². The van der Waals surface area contributed by atoms with E-state index in [-0.39, 0.29) is 5.92 Å². The molecule has 0 bridgehead atoms. The molecule has 0 amide bonds. The third-order valence-corrected chi connectivity index (χ3v) is 5.32. The highest BCUT2D eigenvalue weighted by molar-refractivity contribution is 5.99. The number of ketones is 1. The molecule has 2 aliphatic rings. The first kappa shape index (κ1) is 13.8. The first-order chi connectivity index (χ1) is 9.79. The molecule has 1 aromatic rings. The zero-order chi connectivity index (χ0) is 13.9. The van der Waals surface area contributed by atoms with Crippen LogP contribution in [0.25, 0.3) is 0 Å². The maximum Gasteiger partial charge on any atom is 0.166 e. The van der Waals surface area contributed by atoms with Crippen molar-refractivity contribution in [2.45, 2.75) is 50.9 Å². The van der Waals surface area contributed by atoms with Gasteiger partial charge in [-0.1, -0.05) is 30.7 Å². The van der Waals surface area contributed by atoms with Gasteiger partial charge in [0.2, 0.25) is 0 Å². The van der Waals surface area contributed by atoms with E-state index in [0.717, 1.165) is 37.8 Å². The van der Waals surface area contributed by atoms with E-state index < -0.39 is 0 Å². The third-order valence-electron chi connectivity index (χ3n) is 5.32. The second-order valence-corrected chi connectivity index (χ2v) is 6.53. The van der Waals surface area contributed by atoms with Crippen LogP contribution < -0.4 is 5.73 Å². The zero-order valence-electron chi connectivity index (χ0n) is 12.2. The number of hydrogen-bond donors (Lipinski definition) is 1. The monoisotopic (exact) mass is 271 g/mol. The summed E-state index contributed by atoms with van der Waals surface area (Å²) in [5, 5.41) is 0. The summed E-state index contributed by atoms with van der Waals surface area (Å²) < 4.78 is 0. The van der Waals surface area contributed by atoms with Gasteiger partial charge in [0.15, 0.2) is 5.78 Å². The lowest BCUT2D eigenvalue weighted by atomic mass is 9.74. The lowest BCUT2D eigenvalue weighted by Gasteiger charge is -2.30. The summed E-state index contributed by atoms with van der Waals surface area (Å²) in [5.74, 6) is 1.90. The molecule has 2 N–H and O–H groups in total. The summed E-state index contributed by atoms with van der Waals surface area (Å²) >= 11 is 0. The molecule has 2 nitrogen and oxygen atoms in total. The Kier molecular flexibility index (Phi) is 4.21. The Balaban J connectivity index is 1.74. The van der Waals surface area contributed by atoms with Crippen LogP contribution >= 0.6 is 0 Å². The van der Waals surface area contributed by atoms with Crippen molar-refractivity contribution < 1.29 is 4.79 Å². The Labute approximate surface area is 121 Å². The summed E-state index contributed by atoms with van der Waals surface area (Å²) in [6.45, 7) is 0.777. The van der Waals surface area contributed by atoms with Gasteiger partial charge in [-0.2, -0.15) is 0 Å². The molecule has 2 saturated carbocycles. The molecule has 0 aliphatic heterocycles. The Morgan fingerprint density at radius 3 is 2.35 bits per heavy atom. The van der Waals surface area contributed by atoms with Gasteiger partial charge in [-0.25, -0.2) is 0 Å². The third kappa shape index (κ3) is 2.67. The van der Waals surface area contributed by atoms with Gasteiger partial charge < -0.3 is 5.73 Å². The molecule has 20 heavy (non-hydrogen) atoms. The van der Waals surface area contributed by atoms with Crippen molar-refractivity contribution in [1.82, 2.24) is 0 Å². The molecule has 0 spiro atoms. The van der Waals surface area contributed by atoms with Crippen molar-refractivity contribution in [1.29, 1.82) is 0 Å². The molecule has 0 unspecified atom stereocenters. The maximum absolute atomic E-state index is 12.8. The van der Waals surface area contributed by atoms with Crippen molar-refractivity contribution in [2.24, 2.45) is 17.6 Å². The summed E-state index contributed by atoms with van der Waals surface area (Å²) in [4.78, 5) is 12.8. The van der Waals surface area contributed by atoms with Crippen LogP contribution in [0.15, 0.2) is 24.3 Å². The SMILES string of the molecule is NCC1CCC(C(=O)c2ccccc2C2CCC2)CC1. The molecule has 2 heteroatoms. The highest BCUT2D eigenvalue weighted by atomic mass is 16.1. The maximum atomic E-state index is 12.8. The van der Waals surface area contributed by atoms with Gasteiger partial charge in [0, 0.05) is 11.5 Å². The summed E-state index contributed by atoms with van der Waals surface area (Å²) in [6, 6.07) is 8.31. The molecule has 3 rings (SSSR count). The largest absolute Gasteiger partial charge is 0.330 e. The fourth-order valence-corrected chi connectivity index (χ4v) is 3.68. The van der Waals surface area contributed by atoms with E-state index in [2.05, 4.69) is 12.1 Å². The van der Waals surface area contributed by atoms with Crippen molar-refractivity contribution in [3.8, 4) is 0 Å². The Morgan fingerprint density at radius 1 is 1.05 bits per heavy atom. The Morgan fingerprint density at radius 2 is 1.75 bits per heavy atom. The molecular weight excluding hydrogens is 246 g/mol. The van der Waals surface area contributed by atoms with Crippen molar-refractivity contribution in [2.75, 3.05) is 6.54 Å². The molecule has 0 radical (unpaired) electrons. The molecule has 0 saturated heterocycles. The van der Waals surface area contributed by atoms with Crippen LogP contribution in [-0.2, 0) is 0 Å². The van der Waals surface area contributed by atoms with Crippen LogP contribution in [0.2, 0.25) is 0 Å². The lowest BCUT2D eigenvalue weighted by molar-refractivity contribution is 0.0871. The van der Waals surface area contributed by atoms with Gasteiger partial charge in [0.25, 0.3) is 0 Å². The van der Waals surface area contributed by atoms with E-state index in [9.17, 15) is 4.79 Å². The van der Waals surface area contributed by atoms with E-state index in [0.29, 0.717) is 17.6 Å². The number of Topliss-reactive ketones (excluding diaryl/α,β-unsaturated/α-hetero) is 1. The van der Waals surface area contributed by atoms with Crippen LogP contribution in [-0.4, -0.2) is 12.3 Å². The second kappa shape index (κ2) is 6.09. The molecule has 108 valence electrons. The van der Waals surface area contributed by atoms with E-state index >= 15 is 0 Å². The highest BCUT2D eigenvalue weighted by Crippen LogP contribution is 2.39.